The van der Waals surface area contributed by atoms with Crippen molar-refractivity contribution in [2.45, 2.75) is 71.1 Å². The van der Waals surface area contributed by atoms with Crippen LogP contribution in [0.5, 0.6) is 0 Å². The van der Waals surface area contributed by atoms with Crippen LogP contribution in [0.25, 0.3) is 0 Å². The van der Waals surface area contributed by atoms with Gasteiger partial charge in [0.05, 0.1) is 6.54 Å². The van der Waals surface area contributed by atoms with Crippen LogP contribution < -0.4 is 5.90 Å². The zero-order valence-electron chi connectivity index (χ0n) is 10.7. The molecule has 0 aliphatic heterocycles. The molecule has 0 unspecified atom stereocenters. The number of quaternary nitrogens is 1. The molecule has 4 heteroatoms. The van der Waals surface area contributed by atoms with E-state index in [1.807, 2.05) is 5.90 Å². The Labute approximate surface area is 99.5 Å². The molecule has 0 amide bonds. The maximum Gasteiger partial charge on any atom is 0.0811 e. The van der Waals surface area contributed by atoms with Gasteiger partial charge in [-0.15, -0.1) is 0 Å². The lowest BCUT2D eigenvalue weighted by atomic mass is 10.1. The van der Waals surface area contributed by atoms with E-state index in [4.69, 9.17) is 5.21 Å². The third-order valence-corrected chi connectivity index (χ3v) is 2.60. The lowest BCUT2D eigenvalue weighted by molar-refractivity contribution is -0.275. The highest BCUT2D eigenvalue weighted by molar-refractivity contribution is 4.48. The second kappa shape index (κ2) is 20.0. The van der Waals surface area contributed by atoms with E-state index in [0.717, 1.165) is 6.42 Å². The first-order valence-electron chi connectivity index (χ1n) is 6.49. The molecule has 0 saturated carbocycles. The van der Waals surface area contributed by atoms with Gasteiger partial charge < -0.3 is 11.1 Å². The van der Waals surface area contributed by atoms with Crippen molar-refractivity contribution in [3.8, 4) is 0 Å². The van der Waals surface area contributed by atoms with Crippen LogP contribution in [0.15, 0.2) is 5.18 Å². The maximum absolute atomic E-state index is 9.79. The Hall–Kier alpha value is -0.480. The van der Waals surface area contributed by atoms with E-state index < -0.39 is 0 Å². The molecule has 3 N–H and O–H groups in total. The van der Waals surface area contributed by atoms with E-state index >= 15 is 0 Å². The minimum Gasteiger partial charge on any atom is -0.637 e. The van der Waals surface area contributed by atoms with Gasteiger partial charge in [-0.3, -0.25) is 0 Å². The summed E-state index contributed by atoms with van der Waals surface area (Å²) in [7, 11) is 0. The van der Waals surface area contributed by atoms with Crippen molar-refractivity contribution in [2.24, 2.45) is 5.18 Å². The van der Waals surface area contributed by atoms with Crippen LogP contribution >= 0.6 is 0 Å². The van der Waals surface area contributed by atoms with E-state index in [9.17, 15) is 4.91 Å². The van der Waals surface area contributed by atoms with Crippen molar-refractivity contribution in [3.63, 3.8) is 0 Å². The molecule has 0 aromatic rings. The van der Waals surface area contributed by atoms with Crippen LogP contribution in [0.2, 0.25) is 0 Å². The van der Waals surface area contributed by atoms with Gasteiger partial charge in [0.25, 0.3) is 0 Å². The molecule has 0 fully saturated rings. The molecular weight excluding hydrogens is 204 g/mol. The summed E-state index contributed by atoms with van der Waals surface area (Å²) in [6.07, 6.45) is 13.1. The van der Waals surface area contributed by atoms with Gasteiger partial charge in [-0.25, -0.2) is 0 Å². The number of rotatable bonds is 11. The Bertz CT molecular complexity index is 122. The van der Waals surface area contributed by atoms with E-state index in [0.29, 0.717) is 6.54 Å². The molecule has 0 aliphatic carbocycles. The summed E-state index contributed by atoms with van der Waals surface area (Å²) in [5.41, 5.74) is 0. The van der Waals surface area contributed by atoms with Crippen molar-refractivity contribution >= 4 is 0 Å². The summed E-state index contributed by atoms with van der Waals surface area (Å²) in [5, 5.41) is 10.9. The largest absolute Gasteiger partial charge is 0.637 e. The van der Waals surface area contributed by atoms with Crippen LogP contribution in [-0.4, -0.2) is 6.54 Å². The van der Waals surface area contributed by atoms with E-state index in [1.165, 1.54) is 57.8 Å². The predicted octanol–water partition coefficient (Wildman–Crippen LogP) is 3.40. The molecule has 0 aromatic carbocycles. The van der Waals surface area contributed by atoms with Crippen LogP contribution in [0, 0.1) is 10.1 Å². The summed E-state index contributed by atoms with van der Waals surface area (Å²) in [6.45, 7) is 2.76. The molecule has 4 nitrogen and oxygen atoms in total. The van der Waals surface area contributed by atoms with Crippen LogP contribution in [0.1, 0.15) is 71.1 Å². The Morgan fingerprint density at radius 1 is 0.812 bits per heavy atom. The van der Waals surface area contributed by atoms with Gasteiger partial charge in [-0.2, -0.15) is 4.91 Å². The fourth-order valence-electron chi connectivity index (χ4n) is 1.66. The normalized spacial score (nSPS) is 9.44. The standard InChI is InChI=1S/C12H25NO.H3NO/c1-2-3-4-5-6-7-8-9-10-11-12-13-14;1-2/h2-12H2,1H3;1H3. The highest BCUT2D eigenvalue weighted by Gasteiger charge is 1.91. The van der Waals surface area contributed by atoms with Gasteiger partial charge in [0.1, 0.15) is 0 Å². The zero-order valence-corrected chi connectivity index (χ0v) is 10.7. The van der Waals surface area contributed by atoms with Gasteiger partial charge >= 0.3 is 0 Å². The summed E-state index contributed by atoms with van der Waals surface area (Å²) < 4.78 is 0. The average molecular weight is 232 g/mol. The SMILES string of the molecule is CCCCCCCCCCCCN=O.[NH3+][O-]. The molecule has 0 spiro atoms. The smallest absolute Gasteiger partial charge is 0.0811 e. The molecule has 16 heavy (non-hydrogen) atoms. The first-order chi connectivity index (χ1) is 7.91. The Morgan fingerprint density at radius 3 is 1.56 bits per heavy atom. The van der Waals surface area contributed by atoms with Crippen LogP contribution in [0.4, 0.5) is 0 Å². The number of hydrogen-bond donors (Lipinski definition) is 1. The summed E-state index contributed by atoms with van der Waals surface area (Å²) in [5.74, 6) is 2.00. The van der Waals surface area contributed by atoms with Gasteiger partial charge in [0, 0.05) is 0 Å². The molecule has 0 saturated heterocycles. The molecule has 0 rings (SSSR count). The fraction of sp³-hybridized carbons (Fsp3) is 1.00. The lowest BCUT2D eigenvalue weighted by Gasteiger charge is -2.00. The van der Waals surface area contributed by atoms with E-state index in [1.54, 1.807) is 0 Å². The Balaban J connectivity index is 0. The number of hydrogen-bond acceptors (Lipinski definition) is 3. The van der Waals surface area contributed by atoms with E-state index in [-0.39, 0.29) is 0 Å². The highest BCUT2D eigenvalue weighted by Crippen LogP contribution is 2.10. The van der Waals surface area contributed by atoms with Crippen LogP contribution in [-0.2, 0) is 0 Å². The monoisotopic (exact) mass is 232 g/mol. The second-order valence-electron chi connectivity index (χ2n) is 4.03. The number of nitrogens with zero attached hydrogens (tertiary/aromatic N) is 1. The zero-order chi connectivity index (χ0) is 12.5. The topological polar surface area (TPSA) is 80.1 Å². The lowest BCUT2D eigenvalue weighted by Crippen LogP contribution is -2.37. The predicted molar refractivity (Wildman–Crippen MR) is 68.8 cm³/mol. The third-order valence-electron chi connectivity index (χ3n) is 2.60. The second-order valence-corrected chi connectivity index (χ2v) is 4.03. The van der Waals surface area contributed by atoms with Crippen LogP contribution in [0.3, 0.4) is 0 Å². The summed E-state index contributed by atoms with van der Waals surface area (Å²) in [4.78, 5) is 9.79. The van der Waals surface area contributed by atoms with Gasteiger partial charge in [0.2, 0.25) is 0 Å². The van der Waals surface area contributed by atoms with Crippen molar-refractivity contribution in [1.82, 2.24) is 0 Å². The van der Waals surface area contributed by atoms with Crippen molar-refractivity contribution in [3.05, 3.63) is 10.1 Å². The molecule has 0 radical (unpaired) electrons. The number of unbranched alkanes of at least 4 members (excludes halogenated alkanes) is 9. The average Bonchev–Trinajstić information content (AvgIpc) is 2.34. The quantitative estimate of drug-likeness (QED) is 0.336. The third kappa shape index (κ3) is 19.1. The molecule has 0 aromatic heterocycles. The molecule has 0 aliphatic rings. The van der Waals surface area contributed by atoms with Gasteiger partial charge in [-0.05, 0) is 6.42 Å². The Morgan fingerprint density at radius 2 is 1.19 bits per heavy atom. The van der Waals surface area contributed by atoms with Gasteiger partial charge in [0.15, 0.2) is 0 Å². The molecular formula is C12H28N2O2. The summed E-state index contributed by atoms with van der Waals surface area (Å²) >= 11 is 0. The maximum atomic E-state index is 9.79. The van der Waals surface area contributed by atoms with E-state index in [2.05, 4.69) is 12.1 Å². The summed E-state index contributed by atoms with van der Waals surface area (Å²) in [6, 6.07) is 0. The van der Waals surface area contributed by atoms with Crippen molar-refractivity contribution < 1.29 is 5.90 Å². The van der Waals surface area contributed by atoms with Crippen molar-refractivity contribution in [2.75, 3.05) is 6.54 Å². The Kier molecular flexibility index (Phi) is 22.4. The highest BCUT2D eigenvalue weighted by atomic mass is 16.4. The van der Waals surface area contributed by atoms with Crippen molar-refractivity contribution in [1.29, 1.82) is 0 Å². The minimum atomic E-state index is 0.510. The first-order valence-corrected chi connectivity index (χ1v) is 6.49. The van der Waals surface area contributed by atoms with Gasteiger partial charge in [-0.1, -0.05) is 69.9 Å². The first kappa shape index (κ1) is 17.9. The number of nitroso groups, excluding NO2 is 1. The molecule has 0 heterocycles. The molecule has 0 bridgehead atoms. The minimum absolute atomic E-state index is 0.510. The molecule has 98 valence electrons. The fourth-order valence-corrected chi connectivity index (χ4v) is 1.66. The molecule has 0 atom stereocenters.